The van der Waals surface area contributed by atoms with Gasteiger partial charge in [0.25, 0.3) is 0 Å². The Morgan fingerprint density at radius 3 is 2.53 bits per heavy atom. The van der Waals surface area contributed by atoms with E-state index in [1.165, 1.54) is 11.1 Å². The molecule has 0 saturated carbocycles. The number of hydrogen-bond donors (Lipinski definition) is 1. The highest BCUT2D eigenvalue weighted by atomic mass is 35.5. The summed E-state index contributed by atoms with van der Waals surface area (Å²) in [5.74, 6) is 0. The second kappa shape index (κ2) is 6.99. The summed E-state index contributed by atoms with van der Waals surface area (Å²) in [6, 6.07) is 8.16. The Balaban J connectivity index is 2.05. The van der Waals surface area contributed by atoms with Crippen LogP contribution in [0.1, 0.15) is 18.1 Å². The van der Waals surface area contributed by atoms with Crippen LogP contribution in [-0.2, 0) is 12.8 Å². The van der Waals surface area contributed by atoms with Crippen LogP contribution in [0, 0.1) is 0 Å². The van der Waals surface area contributed by atoms with E-state index >= 15 is 0 Å². The molecule has 4 heteroatoms. The third kappa shape index (κ3) is 4.27. The van der Waals surface area contributed by atoms with Crippen molar-refractivity contribution < 1.29 is 4.42 Å². The van der Waals surface area contributed by atoms with E-state index in [1.807, 2.05) is 24.3 Å². The number of likely N-dealkylation sites (N-methyl/N-ethyl adjacent to an activating group) is 1. The molecule has 1 heterocycles. The van der Waals surface area contributed by atoms with Crippen molar-refractivity contribution in [2.45, 2.75) is 25.8 Å². The molecule has 0 aliphatic carbocycles. The Hall–Kier alpha value is -0.960. The first-order valence-electron chi connectivity index (χ1n) is 6.37. The van der Waals surface area contributed by atoms with Gasteiger partial charge in [-0.3, -0.25) is 0 Å². The fourth-order valence-electron chi connectivity index (χ4n) is 2.15. The largest absolute Gasteiger partial charge is 0.472 e. The van der Waals surface area contributed by atoms with Crippen molar-refractivity contribution >= 4 is 23.2 Å². The van der Waals surface area contributed by atoms with Crippen molar-refractivity contribution in [3.8, 4) is 0 Å². The molecule has 2 nitrogen and oxygen atoms in total. The molecule has 0 spiro atoms. The SMILES string of the molecule is CCNC(Cc1ccoc1)Cc1ccc(Cl)c(Cl)c1. The predicted molar refractivity (Wildman–Crippen MR) is 80.0 cm³/mol. The molecule has 19 heavy (non-hydrogen) atoms. The third-order valence-electron chi connectivity index (χ3n) is 3.02. The maximum absolute atomic E-state index is 6.05. The smallest absolute Gasteiger partial charge is 0.0935 e. The van der Waals surface area contributed by atoms with Gasteiger partial charge in [-0.1, -0.05) is 36.2 Å². The number of benzene rings is 1. The van der Waals surface area contributed by atoms with Gasteiger partial charge in [-0.25, -0.2) is 0 Å². The molecular formula is C15H17Cl2NO. The molecule has 0 saturated heterocycles. The molecule has 1 aromatic carbocycles. The van der Waals surface area contributed by atoms with E-state index in [1.54, 1.807) is 12.5 Å². The fourth-order valence-corrected chi connectivity index (χ4v) is 2.47. The van der Waals surface area contributed by atoms with Gasteiger partial charge in [-0.15, -0.1) is 0 Å². The minimum absolute atomic E-state index is 0.361. The molecule has 102 valence electrons. The van der Waals surface area contributed by atoms with E-state index in [0.717, 1.165) is 19.4 Å². The Morgan fingerprint density at radius 2 is 1.89 bits per heavy atom. The summed E-state index contributed by atoms with van der Waals surface area (Å²) in [7, 11) is 0. The molecule has 0 aliphatic rings. The Morgan fingerprint density at radius 1 is 1.11 bits per heavy atom. The van der Waals surface area contributed by atoms with Crippen LogP contribution in [0.3, 0.4) is 0 Å². The van der Waals surface area contributed by atoms with Gasteiger partial charge in [-0.2, -0.15) is 0 Å². The van der Waals surface area contributed by atoms with Crippen LogP contribution in [0.25, 0.3) is 0 Å². The first kappa shape index (κ1) is 14.4. The number of rotatable bonds is 6. The van der Waals surface area contributed by atoms with Gasteiger partial charge in [0.15, 0.2) is 0 Å². The lowest BCUT2D eigenvalue weighted by Crippen LogP contribution is -2.32. The molecular weight excluding hydrogens is 281 g/mol. The molecule has 0 amide bonds. The minimum Gasteiger partial charge on any atom is -0.472 e. The summed E-state index contributed by atoms with van der Waals surface area (Å²) in [6.45, 7) is 3.04. The molecule has 0 radical (unpaired) electrons. The highest BCUT2D eigenvalue weighted by Crippen LogP contribution is 2.23. The quantitative estimate of drug-likeness (QED) is 0.857. The monoisotopic (exact) mass is 297 g/mol. The van der Waals surface area contributed by atoms with Crippen LogP contribution < -0.4 is 5.32 Å². The zero-order chi connectivity index (χ0) is 13.7. The molecule has 1 atom stereocenters. The summed E-state index contributed by atoms with van der Waals surface area (Å²) < 4.78 is 5.11. The molecule has 0 aliphatic heterocycles. The van der Waals surface area contributed by atoms with E-state index in [2.05, 4.69) is 12.2 Å². The van der Waals surface area contributed by atoms with Gasteiger partial charge in [0.05, 0.1) is 22.6 Å². The van der Waals surface area contributed by atoms with Crippen molar-refractivity contribution in [3.63, 3.8) is 0 Å². The van der Waals surface area contributed by atoms with E-state index in [-0.39, 0.29) is 0 Å². The van der Waals surface area contributed by atoms with Crippen LogP contribution in [-0.4, -0.2) is 12.6 Å². The lowest BCUT2D eigenvalue weighted by atomic mass is 10.0. The zero-order valence-electron chi connectivity index (χ0n) is 10.8. The second-order valence-electron chi connectivity index (χ2n) is 4.54. The van der Waals surface area contributed by atoms with Crippen molar-refractivity contribution in [1.29, 1.82) is 0 Å². The Bertz CT molecular complexity index is 511. The topological polar surface area (TPSA) is 25.2 Å². The van der Waals surface area contributed by atoms with E-state index < -0.39 is 0 Å². The zero-order valence-corrected chi connectivity index (χ0v) is 12.3. The van der Waals surface area contributed by atoms with Gasteiger partial charge in [0, 0.05) is 6.04 Å². The summed E-state index contributed by atoms with van der Waals surface area (Å²) >= 11 is 12.0. The van der Waals surface area contributed by atoms with Gasteiger partial charge in [0.1, 0.15) is 0 Å². The Labute approximate surface area is 123 Å². The lowest BCUT2D eigenvalue weighted by molar-refractivity contribution is 0.513. The van der Waals surface area contributed by atoms with Crippen molar-refractivity contribution in [2.24, 2.45) is 0 Å². The van der Waals surface area contributed by atoms with Crippen LogP contribution in [0.15, 0.2) is 41.2 Å². The molecule has 1 aromatic heterocycles. The minimum atomic E-state index is 0.361. The van der Waals surface area contributed by atoms with Gasteiger partial charge in [0.2, 0.25) is 0 Å². The molecule has 1 unspecified atom stereocenters. The van der Waals surface area contributed by atoms with Gasteiger partial charge < -0.3 is 9.73 Å². The highest BCUT2D eigenvalue weighted by Gasteiger charge is 2.11. The van der Waals surface area contributed by atoms with E-state index in [0.29, 0.717) is 16.1 Å². The van der Waals surface area contributed by atoms with E-state index in [4.69, 9.17) is 27.6 Å². The predicted octanol–water partition coefficient (Wildman–Crippen LogP) is 4.35. The van der Waals surface area contributed by atoms with Crippen LogP contribution in [0.4, 0.5) is 0 Å². The van der Waals surface area contributed by atoms with Crippen molar-refractivity contribution in [1.82, 2.24) is 5.32 Å². The molecule has 2 aromatic rings. The second-order valence-corrected chi connectivity index (χ2v) is 5.36. The van der Waals surface area contributed by atoms with Gasteiger partial charge in [-0.05, 0) is 48.7 Å². The lowest BCUT2D eigenvalue weighted by Gasteiger charge is -2.17. The number of hydrogen-bond acceptors (Lipinski definition) is 2. The first-order valence-corrected chi connectivity index (χ1v) is 7.13. The third-order valence-corrected chi connectivity index (χ3v) is 3.76. The standard InChI is InChI=1S/C15H17Cl2NO/c1-2-18-13(8-12-5-6-19-10-12)7-11-3-4-14(16)15(17)9-11/h3-6,9-10,13,18H,2,7-8H2,1H3. The van der Waals surface area contributed by atoms with Crippen molar-refractivity contribution in [2.75, 3.05) is 6.54 Å². The summed E-state index contributed by atoms with van der Waals surface area (Å²) in [6.07, 6.45) is 5.34. The summed E-state index contributed by atoms with van der Waals surface area (Å²) in [5.41, 5.74) is 2.38. The molecule has 0 fully saturated rings. The molecule has 0 bridgehead atoms. The Kier molecular flexibility index (Phi) is 5.32. The maximum atomic E-state index is 6.05. The van der Waals surface area contributed by atoms with Crippen LogP contribution in [0.2, 0.25) is 10.0 Å². The average molecular weight is 298 g/mol. The fraction of sp³-hybridized carbons (Fsp3) is 0.333. The van der Waals surface area contributed by atoms with Crippen LogP contribution in [0.5, 0.6) is 0 Å². The molecule has 2 rings (SSSR count). The average Bonchev–Trinajstić information content (AvgIpc) is 2.87. The van der Waals surface area contributed by atoms with Crippen LogP contribution >= 0.6 is 23.2 Å². The number of halogens is 2. The highest BCUT2D eigenvalue weighted by molar-refractivity contribution is 6.42. The summed E-state index contributed by atoms with van der Waals surface area (Å²) in [4.78, 5) is 0. The normalized spacial score (nSPS) is 12.6. The summed E-state index contributed by atoms with van der Waals surface area (Å²) in [5, 5.41) is 4.69. The number of nitrogens with one attached hydrogen (secondary N) is 1. The number of furan rings is 1. The maximum Gasteiger partial charge on any atom is 0.0935 e. The first-order chi connectivity index (χ1) is 9.19. The van der Waals surface area contributed by atoms with Gasteiger partial charge >= 0.3 is 0 Å². The van der Waals surface area contributed by atoms with E-state index in [9.17, 15) is 0 Å². The van der Waals surface area contributed by atoms with Crippen molar-refractivity contribution in [3.05, 3.63) is 58.0 Å². The molecule has 1 N–H and O–H groups in total.